The van der Waals surface area contributed by atoms with Crippen LogP contribution in [0.5, 0.6) is 0 Å². The summed E-state index contributed by atoms with van der Waals surface area (Å²) in [5.74, 6) is 0. The lowest BCUT2D eigenvalue weighted by molar-refractivity contribution is 1.00. The van der Waals surface area contributed by atoms with Crippen LogP contribution in [0, 0.1) is 11.3 Å². The minimum Gasteiger partial charge on any atom is -0.344 e. The Kier molecular flexibility index (Phi) is 3.75. The number of nitriles is 1. The van der Waals surface area contributed by atoms with Gasteiger partial charge in [0.15, 0.2) is 0 Å². The molecule has 0 bridgehead atoms. The minimum atomic E-state index is 0.707. The maximum Gasteiger partial charge on any atom is 0.0998 e. The molecule has 0 saturated heterocycles. The lowest BCUT2D eigenvalue weighted by Crippen LogP contribution is -1.92. The van der Waals surface area contributed by atoms with Crippen LogP contribution in [0.25, 0.3) is 65.5 Å². The second kappa shape index (κ2) is 6.73. The summed E-state index contributed by atoms with van der Waals surface area (Å²) in [6.45, 7) is 0. The van der Waals surface area contributed by atoms with Gasteiger partial charge in [-0.3, -0.25) is 0 Å². The molecule has 0 saturated carbocycles. The summed E-state index contributed by atoms with van der Waals surface area (Å²) in [6, 6.07) is 34.4. The van der Waals surface area contributed by atoms with Crippen molar-refractivity contribution in [2.24, 2.45) is 14.1 Å². The van der Waals surface area contributed by atoms with E-state index in [-0.39, 0.29) is 0 Å². The number of nitrogens with zero attached hydrogens (tertiary/aromatic N) is 3. The zero-order valence-corrected chi connectivity index (χ0v) is 19.0. The molecule has 2 heterocycles. The third kappa shape index (κ3) is 2.30. The third-order valence-electron chi connectivity index (χ3n) is 7.37. The molecular weight excluding hydrogens is 414 g/mol. The zero-order chi connectivity index (χ0) is 23.0. The maximum atomic E-state index is 10.0. The van der Waals surface area contributed by atoms with Gasteiger partial charge in [0.2, 0.25) is 0 Å². The SMILES string of the molecule is Cn1c2ccccc2c2c(-c3cccc4cccc(C#N)c34)c3c4ccccc4n(C)c3cc21. The number of fused-ring (bicyclic) bond motifs is 7. The van der Waals surface area contributed by atoms with Crippen molar-refractivity contribution in [1.29, 1.82) is 5.26 Å². The molecule has 3 nitrogen and oxygen atoms in total. The Hall–Kier alpha value is -4.55. The highest BCUT2D eigenvalue weighted by Crippen LogP contribution is 2.46. The Labute approximate surface area is 196 Å². The van der Waals surface area contributed by atoms with Gasteiger partial charge in [-0.15, -0.1) is 0 Å². The Morgan fingerprint density at radius 3 is 1.74 bits per heavy atom. The molecule has 0 N–H and O–H groups in total. The van der Waals surface area contributed by atoms with Crippen molar-refractivity contribution in [3.8, 4) is 17.2 Å². The standard InChI is InChI=1S/C31H21N3/c1-33-24-15-5-3-12-21(24)29-26(33)17-27-30(22-13-4-6-16-25(22)34(27)2)31(29)23-14-8-10-19-9-7-11-20(18-32)28(19)23/h3-17H,1-2H3. The summed E-state index contributed by atoms with van der Waals surface area (Å²) in [4.78, 5) is 0. The van der Waals surface area contributed by atoms with Gasteiger partial charge in [0, 0.05) is 57.6 Å². The molecule has 0 aliphatic heterocycles. The van der Waals surface area contributed by atoms with Gasteiger partial charge < -0.3 is 9.13 Å². The number of para-hydroxylation sites is 2. The number of hydrogen-bond acceptors (Lipinski definition) is 1. The van der Waals surface area contributed by atoms with Crippen molar-refractivity contribution in [3.05, 3.63) is 96.6 Å². The second-order valence-corrected chi connectivity index (χ2v) is 9.01. The Morgan fingerprint density at radius 1 is 0.588 bits per heavy atom. The molecule has 5 aromatic carbocycles. The van der Waals surface area contributed by atoms with Crippen molar-refractivity contribution in [2.75, 3.05) is 0 Å². The fraction of sp³-hybridized carbons (Fsp3) is 0.0645. The zero-order valence-electron chi connectivity index (χ0n) is 19.0. The molecule has 34 heavy (non-hydrogen) atoms. The first-order chi connectivity index (χ1) is 16.7. The lowest BCUT2D eigenvalue weighted by Gasteiger charge is -2.13. The van der Waals surface area contributed by atoms with E-state index in [9.17, 15) is 5.26 Å². The molecular formula is C31H21N3. The maximum absolute atomic E-state index is 10.0. The van der Waals surface area contributed by atoms with Gasteiger partial charge in [0.1, 0.15) is 0 Å². The average molecular weight is 436 g/mol. The molecule has 3 heteroatoms. The number of hydrogen-bond donors (Lipinski definition) is 0. The smallest absolute Gasteiger partial charge is 0.0998 e. The summed E-state index contributed by atoms with van der Waals surface area (Å²) >= 11 is 0. The van der Waals surface area contributed by atoms with Gasteiger partial charge >= 0.3 is 0 Å². The molecule has 0 aliphatic carbocycles. The molecule has 0 aliphatic rings. The number of aromatic nitrogens is 2. The molecule has 0 spiro atoms. The first kappa shape index (κ1) is 19.0. The predicted molar refractivity (Wildman–Crippen MR) is 142 cm³/mol. The van der Waals surface area contributed by atoms with Crippen LogP contribution in [0.3, 0.4) is 0 Å². The monoisotopic (exact) mass is 435 g/mol. The molecule has 2 aromatic heterocycles. The van der Waals surface area contributed by atoms with Crippen LogP contribution in [0.2, 0.25) is 0 Å². The molecule has 160 valence electrons. The van der Waals surface area contributed by atoms with Crippen LogP contribution in [0.1, 0.15) is 5.56 Å². The predicted octanol–water partition coefficient (Wildman–Crippen LogP) is 7.67. The second-order valence-electron chi connectivity index (χ2n) is 9.01. The molecule has 0 fully saturated rings. The topological polar surface area (TPSA) is 33.6 Å². The minimum absolute atomic E-state index is 0.707. The quantitative estimate of drug-likeness (QED) is 0.260. The van der Waals surface area contributed by atoms with Crippen molar-refractivity contribution in [1.82, 2.24) is 9.13 Å². The van der Waals surface area contributed by atoms with Crippen LogP contribution in [0.15, 0.2) is 91.0 Å². The van der Waals surface area contributed by atoms with Crippen LogP contribution in [0.4, 0.5) is 0 Å². The van der Waals surface area contributed by atoms with Crippen molar-refractivity contribution < 1.29 is 0 Å². The molecule has 7 aromatic rings. The number of rotatable bonds is 1. The molecule has 7 rings (SSSR count). The highest BCUT2D eigenvalue weighted by Gasteiger charge is 2.22. The van der Waals surface area contributed by atoms with Gasteiger partial charge in [-0.1, -0.05) is 66.7 Å². The Balaban J connectivity index is 1.86. The van der Waals surface area contributed by atoms with Crippen molar-refractivity contribution in [2.45, 2.75) is 0 Å². The van der Waals surface area contributed by atoms with E-state index in [2.05, 4.69) is 108 Å². The van der Waals surface area contributed by atoms with Gasteiger partial charge in [-0.2, -0.15) is 5.26 Å². The summed E-state index contributed by atoms with van der Waals surface area (Å²) < 4.78 is 4.59. The molecule has 0 unspecified atom stereocenters. The van der Waals surface area contributed by atoms with E-state index in [1.54, 1.807) is 0 Å². The van der Waals surface area contributed by atoms with E-state index in [0.29, 0.717) is 5.56 Å². The van der Waals surface area contributed by atoms with Crippen LogP contribution in [-0.4, -0.2) is 9.13 Å². The summed E-state index contributed by atoms with van der Waals surface area (Å²) in [6.07, 6.45) is 0. The van der Waals surface area contributed by atoms with E-state index in [1.807, 2.05) is 12.1 Å². The largest absolute Gasteiger partial charge is 0.344 e. The van der Waals surface area contributed by atoms with E-state index < -0.39 is 0 Å². The third-order valence-corrected chi connectivity index (χ3v) is 7.37. The van der Waals surface area contributed by atoms with E-state index in [4.69, 9.17) is 0 Å². The van der Waals surface area contributed by atoms with E-state index in [0.717, 1.165) is 16.3 Å². The van der Waals surface area contributed by atoms with Gasteiger partial charge in [-0.05, 0) is 35.2 Å². The van der Waals surface area contributed by atoms with E-state index in [1.165, 1.54) is 49.2 Å². The first-order valence-electron chi connectivity index (χ1n) is 11.5. The number of benzene rings is 5. The highest BCUT2D eigenvalue weighted by molar-refractivity contribution is 6.29. The normalized spacial score (nSPS) is 11.8. The van der Waals surface area contributed by atoms with Crippen LogP contribution >= 0.6 is 0 Å². The van der Waals surface area contributed by atoms with Gasteiger partial charge in [-0.25, -0.2) is 0 Å². The Bertz CT molecular complexity index is 1890. The van der Waals surface area contributed by atoms with Gasteiger partial charge in [0.05, 0.1) is 22.7 Å². The highest BCUT2D eigenvalue weighted by atomic mass is 15.0. The van der Waals surface area contributed by atoms with Crippen LogP contribution < -0.4 is 0 Å². The molecule has 0 amide bonds. The van der Waals surface area contributed by atoms with Crippen LogP contribution in [-0.2, 0) is 14.1 Å². The Morgan fingerprint density at radius 2 is 1.15 bits per heavy atom. The molecule has 0 radical (unpaired) electrons. The lowest BCUT2D eigenvalue weighted by atomic mass is 9.89. The molecule has 0 atom stereocenters. The van der Waals surface area contributed by atoms with Crippen molar-refractivity contribution in [3.63, 3.8) is 0 Å². The van der Waals surface area contributed by atoms with E-state index >= 15 is 0 Å². The first-order valence-corrected chi connectivity index (χ1v) is 11.5. The summed E-state index contributed by atoms with van der Waals surface area (Å²) in [5, 5.41) is 17.1. The average Bonchev–Trinajstić information content (AvgIpc) is 3.34. The summed E-state index contributed by atoms with van der Waals surface area (Å²) in [7, 11) is 4.29. The summed E-state index contributed by atoms with van der Waals surface area (Å²) in [5.41, 5.74) is 7.83. The van der Waals surface area contributed by atoms with Crippen molar-refractivity contribution >= 4 is 54.4 Å². The fourth-order valence-corrected chi connectivity index (χ4v) is 5.86. The fourth-order valence-electron chi connectivity index (χ4n) is 5.86. The number of aryl methyl sites for hydroxylation is 2. The van der Waals surface area contributed by atoms with Gasteiger partial charge in [0.25, 0.3) is 0 Å².